The number of hydrogen-bond acceptors (Lipinski definition) is 5. The summed E-state index contributed by atoms with van der Waals surface area (Å²) >= 11 is 0. The number of carbonyl (C=O) groups excluding carboxylic acids is 1. The van der Waals surface area contributed by atoms with E-state index in [-0.39, 0.29) is 11.8 Å². The first-order valence-corrected chi connectivity index (χ1v) is 5.78. The number of hydrogen-bond donors (Lipinski definition) is 3. The van der Waals surface area contributed by atoms with Crippen LogP contribution in [0.1, 0.15) is 18.7 Å². The predicted molar refractivity (Wildman–Crippen MR) is 65.4 cm³/mol. The highest BCUT2D eigenvalue weighted by molar-refractivity contribution is 5.80. The van der Waals surface area contributed by atoms with Crippen LogP contribution in [0.5, 0.6) is 0 Å². The first-order chi connectivity index (χ1) is 8.15. The number of anilines is 2. The van der Waals surface area contributed by atoms with Gasteiger partial charge in [-0.1, -0.05) is 0 Å². The van der Waals surface area contributed by atoms with Crippen molar-refractivity contribution in [3.63, 3.8) is 0 Å². The van der Waals surface area contributed by atoms with Crippen LogP contribution >= 0.6 is 0 Å². The van der Waals surface area contributed by atoms with Gasteiger partial charge >= 0.3 is 0 Å². The fourth-order valence-corrected chi connectivity index (χ4v) is 1.55. The molecule has 1 heterocycles. The molecule has 0 unspecified atom stereocenters. The molecule has 1 aliphatic rings. The fourth-order valence-electron chi connectivity index (χ4n) is 1.55. The van der Waals surface area contributed by atoms with Gasteiger partial charge in [0, 0.05) is 25.1 Å². The van der Waals surface area contributed by atoms with Crippen LogP contribution in [0.2, 0.25) is 0 Å². The Bertz CT molecular complexity index is 396. The number of nitrogens with two attached hydrogens (primary N) is 1. The van der Waals surface area contributed by atoms with Gasteiger partial charge in [-0.2, -0.15) is 0 Å². The summed E-state index contributed by atoms with van der Waals surface area (Å²) in [5.74, 6) is 2.18. The number of aryl methyl sites for hydroxylation is 1. The molecule has 92 valence electrons. The monoisotopic (exact) mass is 235 g/mol. The molecule has 0 radical (unpaired) electrons. The Morgan fingerprint density at radius 1 is 1.47 bits per heavy atom. The Morgan fingerprint density at radius 3 is 2.88 bits per heavy atom. The lowest BCUT2D eigenvalue weighted by molar-refractivity contribution is -0.122. The van der Waals surface area contributed by atoms with Crippen molar-refractivity contribution >= 4 is 17.5 Å². The van der Waals surface area contributed by atoms with E-state index in [4.69, 9.17) is 5.73 Å². The van der Waals surface area contributed by atoms with Gasteiger partial charge in [0.05, 0.1) is 0 Å². The highest BCUT2D eigenvalue weighted by atomic mass is 16.2. The predicted octanol–water partition coefficient (Wildman–Crippen LogP) is 0.305. The number of nitrogen functional groups attached to an aromatic ring is 1. The topological polar surface area (TPSA) is 92.9 Å². The van der Waals surface area contributed by atoms with Gasteiger partial charge in [0.15, 0.2) is 0 Å². The molecular weight excluding hydrogens is 218 g/mol. The van der Waals surface area contributed by atoms with E-state index < -0.39 is 0 Å². The zero-order valence-corrected chi connectivity index (χ0v) is 9.86. The molecule has 2 rings (SSSR count). The Hall–Kier alpha value is -1.85. The molecule has 1 aromatic heterocycles. The zero-order chi connectivity index (χ0) is 12.3. The third-order valence-electron chi connectivity index (χ3n) is 2.54. The first-order valence-electron chi connectivity index (χ1n) is 5.78. The molecule has 0 atom stereocenters. The summed E-state index contributed by atoms with van der Waals surface area (Å²) in [7, 11) is 0. The van der Waals surface area contributed by atoms with Crippen LogP contribution in [0.4, 0.5) is 11.6 Å². The normalized spacial score (nSPS) is 14.4. The van der Waals surface area contributed by atoms with E-state index in [0.717, 1.165) is 12.8 Å². The second kappa shape index (κ2) is 4.99. The summed E-state index contributed by atoms with van der Waals surface area (Å²) in [5.41, 5.74) is 5.60. The van der Waals surface area contributed by atoms with E-state index in [1.54, 1.807) is 13.0 Å². The van der Waals surface area contributed by atoms with Crippen LogP contribution in [-0.4, -0.2) is 29.0 Å². The van der Waals surface area contributed by atoms with Crippen molar-refractivity contribution < 1.29 is 4.79 Å². The molecule has 1 saturated carbocycles. The van der Waals surface area contributed by atoms with Crippen LogP contribution in [0.15, 0.2) is 6.07 Å². The number of nitrogens with zero attached hydrogens (tertiary/aromatic N) is 2. The lowest BCUT2D eigenvalue weighted by Gasteiger charge is -2.07. The molecule has 6 heteroatoms. The van der Waals surface area contributed by atoms with Crippen molar-refractivity contribution in [1.82, 2.24) is 15.3 Å². The van der Waals surface area contributed by atoms with Crippen molar-refractivity contribution in [2.45, 2.75) is 19.8 Å². The van der Waals surface area contributed by atoms with Gasteiger partial charge < -0.3 is 16.4 Å². The summed E-state index contributed by atoms with van der Waals surface area (Å²) in [5, 5.41) is 5.96. The molecule has 1 amide bonds. The van der Waals surface area contributed by atoms with Gasteiger partial charge in [-0.3, -0.25) is 4.79 Å². The van der Waals surface area contributed by atoms with Gasteiger partial charge in [0.1, 0.15) is 17.5 Å². The maximum absolute atomic E-state index is 11.3. The smallest absolute Gasteiger partial charge is 0.223 e. The number of rotatable bonds is 5. The summed E-state index contributed by atoms with van der Waals surface area (Å²) in [6, 6.07) is 1.68. The molecule has 0 aromatic carbocycles. The van der Waals surface area contributed by atoms with Crippen molar-refractivity contribution in [3.05, 3.63) is 11.9 Å². The minimum Gasteiger partial charge on any atom is -0.384 e. The SMILES string of the molecule is Cc1nc(N)cc(NCCNC(=O)C2CC2)n1. The van der Waals surface area contributed by atoms with Gasteiger partial charge in [-0.15, -0.1) is 0 Å². The highest BCUT2D eigenvalue weighted by Gasteiger charge is 2.28. The molecule has 0 aliphatic heterocycles. The minimum absolute atomic E-state index is 0.158. The van der Waals surface area contributed by atoms with Crippen molar-refractivity contribution in [2.75, 3.05) is 24.1 Å². The lowest BCUT2D eigenvalue weighted by Crippen LogP contribution is -2.30. The van der Waals surface area contributed by atoms with E-state index in [2.05, 4.69) is 20.6 Å². The van der Waals surface area contributed by atoms with Crippen molar-refractivity contribution in [3.8, 4) is 0 Å². The Morgan fingerprint density at radius 2 is 2.24 bits per heavy atom. The summed E-state index contributed by atoms with van der Waals surface area (Å²) in [4.78, 5) is 19.5. The number of amides is 1. The minimum atomic E-state index is 0.158. The zero-order valence-electron chi connectivity index (χ0n) is 9.86. The van der Waals surface area contributed by atoms with E-state index in [0.29, 0.717) is 30.5 Å². The number of aromatic nitrogens is 2. The molecule has 0 spiro atoms. The summed E-state index contributed by atoms with van der Waals surface area (Å²) in [6.07, 6.45) is 2.06. The van der Waals surface area contributed by atoms with E-state index in [1.165, 1.54) is 0 Å². The molecule has 4 N–H and O–H groups in total. The second-order valence-corrected chi connectivity index (χ2v) is 4.22. The molecule has 1 aromatic rings. The standard InChI is InChI=1S/C11H17N5O/c1-7-15-9(12)6-10(16-7)13-4-5-14-11(17)8-2-3-8/h6,8H,2-5H2,1H3,(H,14,17)(H3,12,13,15,16). The van der Waals surface area contributed by atoms with Crippen molar-refractivity contribution in [2.24, 2.45) is 5.92 Å². The first kappa shape index (κ1) is 11.6. The molecule has 1 aliphatic carbocycles. The second-order valence-electron chi connectivity index (χ2n) is 4.22. The third kappa shape index (κ3) is 3.58. The van der Waals surface area contributed by atoms with E-state index in [1.807, 2.05) is 0 Å². The summed E-state index contributed by atoms with van der Waals surface area (Å²) < 4.78 is 0. The lowest BCUT2D eigenvalue weighted by atomic mass is 10.4. The van der Waals surface area contributed by atoms with Crippen LogP contribution in [0.3, 0.4) is 0 Å². The summed E-state index contributed by atoms with van der Waals surface area (Å²) in [6.45, 7) is 3.02. The molecule has 17 heavy (non-hydrogen) atoms. The number of carbonyl (C=O) groups is 1. The van der Waals surface area contributed by atoms with Crippen LogP contribution in [-0.2, 0) is 4.79 Å². The van der Waals surface area contributed by atoms with Gasteiger partial charge in [-0.25, -0.2) is 9.97 Å². The third-order valence-corrected chi connectivity index (χ3v) is 2.54. The maximum Gasteiger partial charge on any atom is 0.223 e. The maximum atomic E-state index is 11.3. The molecular formula is C11H17N5O. The molecule has 6 nitrogen and oxygen atoms in total. The quantitative estimate of drug-likeness (QED) is 0.638. The van der Waals surface area contributed by atoms with E-state index >= 15 is 0 Å². The van der Waals surface area contributed by atoms with Crippen LogP contribution < -0.4 is 16.4 Å². The number of nitrogens with one attached hydrogen (secondary N) is 2. The van der Waals surface area contributed by atoms with Crippen LogP contribution in [0, 0.1) is 12.8 Å². The Balaban J connectivity index is 1.71. The van der Waals surface area contributed by atoms with Crippen LogP contribution in [0.25, 0.3) is 0 Å². The van der Waals surface area contributed by atoms with Crippen molar-refractivity contribution in [1.29, 1.82) is 0 Å². The fraction of sp³-hybridized carbons (Fsp3) is 0.545. The van der Waals surface area contributed by atoms with E-state index in [9.17, 15) is 4.79 Å². The highest BCUT2D eigenvalue weighted by Crippen LogP contribution is 2.28. The van der Waals surface area contributed by atoms with Gasteiger partial charge in [-0.05, 0) is 19.8 Å². The largest absolute Gasteiger partial charge is 0.384 e. The molecule has 0 saturated heterocycles. The average Bonchev–Trinajstić information content (AvgIpc) is 3.06. The Kier molecular flexibility index (Phi) is 3.41. The average molecular weight is 235 g/mol. The molecule has 1 fully saturated rings. The van der Waals surface area contributed by atoms with Gasteiger partial charge in [0.2, 0.25) is 5.91 Å². The van der Waals surface area contributed by atoms with Gasteiger partial charge in [0.25, 0.3) is 0 Å². The molecule has 0 bridgehead atoms. The Labute approximate surface area is 100 Å².